The second-order valence-corrected chi connectivity index (χ2v) is 15.9. The summed E-state index contributed by atoms with van der Waals surface area (Å²) < 4.78 is 38.9. The fraction of sp³-hybridized carbons (Fsp3) is 0.543. The molecule has 0 aliphatic carbocycles. The third kappa shape index (κ3) is 13.6. The third-order valence-electron chi connectivity index (χ3n) is 8.13. The smallest absolute Gasteiger partial charge is 0.345 e. The molecule has 1 unspecified atom stereocenters. The molecule has 3 amide bonds. The molecule has 1 aromatic heterocycles. The number of aromatic nitrogens is 1. The monoisotopic (exact) mass is 805 g/mol. The van der Waals surface area contributed by atoms with Crippen LogP contribution in [0.2, 0.25) is 0 Å². The van der Waals surface area contributed by atoms with Gasteiger partial charge in [-0.2, -0.15) is 8.78 Å². The van der Waals surface area contributed by atoms with Crippen LogP contribution in [-0.2, 0) is 38.2 Å². The summed E-state index contributed by atoms with van der Waals surface area (Å²) in [4.78, 5) is 69.1. The molecule has 1 aliphatic rings. The van der Waals surface area contributed by atoms with Crippen molar-refractivity contribution in [3.8, 4) is 0 Å². The lowest BCUT2D eigenvalue weighted by molar-refractivity contribution is -0.159. The van der Waals surface area contributed by atoms with Gasteiger partial charge in [0.1, 0.15) is 30.8 Å². The number of carbonyl (C=O) groups is 5. The van der Waals surface area contributed by atoms with E-state index in [9.17, 15) is 32.8 Å². The standard InChI is InChI=1S/C35H44Cl3F2N5O8/c1-19(2)28(29(47)42-27(17-51-33(39)40)30(48)45-15-7-8-25(44-45)31(49)52-18-35(36,37)38)43-32(50)34(5,6)14-13-22-9-10-23-11-12-24(41-26(23)16-22)20(3)53-21(4)46/h9-14,16,19-20,25,27-28,33,44H,7-8,15,17-18H2,1-6H3,(H,42,47)(H,43,50)/t20?,25-,27-,28-/m0/s1. The van der Waals surface area contributed by atoms with E-state index in [1.807, 2.05) is 24.3 Å². The Kier molecular flexibility index (Phi) is 15.8. The van der Waals surface area contributed by atoms with Gasteiger partial charge in [0.25, 0.3) is 5.91 Å². The van der Waals surface area contributed by atoms with Crippen molar-refractivity contribution in [1.82, 2.24) is 26.1 Å². The maximum atomic E-state index is 13.6. The number of ether oxygens (including phenoxy) is 3. The van der Waals surface area contributed by atoms with Crippen LogP contribution in [0, 0.1) is 11.3 Å². The Morgan fingerprint density at radius 2 is 1.75 bits per heavy atom. The Labute approximate surface area is 321 Å². The van der Waals surface area contributed by atoms with Gasteiger partial charge in [0.05, 0.1) is 23.2 Å². The Morgan fingerprint density at radius 3 is 2.38 bits per heavy atom. The molecule has 0 radical (unpaired) electrons. The first-order valence-electron chi connectivity index (χ1n) is 16.8. The highest BCUT2D eigenvalue weighted by atomic mass is 35.6. The Bertz CT molecular complexity index is 1670. The molecular weight excluding hydrogens is 763 g/mol. The lowest BCUT2D eigenvalue weighted by atomic mass is 9.89. The summed E-state index contributed by atoms with van der Waals surface area (Å²) >= 11 is 16.9. The van der Waals surface area contributed by atoms with Crippen LogP contribution in [0.4, 0.5) is 8.78 Å². The summed E-state index contributed by atoms with van der Waals surface area (Å²) in [7, 11) is 0. The number of rotatable bonds is 15. The zero-order valence-electron chi connectivity index (χ0n) is 30.1. The van der Waals surface area contributed by atoms with Gasteiger partial charge in [-0.3, -0.25) is 29.0 Å². The van der Waals surface area contributed by atoms with Crippen molar-refractivity contribution in [3.05, 3.63) is 47.7 Å². The van der Waals surface area contributed by atoms with Crippen LogP contribution >= 0.6 is 34.8 Å². The van der Waals surface area contributed by atoms with E-state index in [0.29, 0.717) is 17.6 Å². The zero-order chi connectivity index (χ0) is 39.7. The van der Waals surface area contributed by atoms with Crippen LogP contribution in [0.15, 0.2) is 36.4 Å². The van der Waals surface area contributed by atoms with Crippen molar-refractivity contribution >= 4 is 81.4 Å². The van der Waals surface area contributed by atoms with Crippen molar-refractivity contribution in [3.63, 3.8) is 0 Å². The van der Waals surface area contributed by atoms with Gasteiger partial charge in [0, 0.05) is 18.9 Å². The van der Waals surface area contributed by atoms with Crippen molar-refractivity contribution in [2.24, 2.45) is 11.3 Å². The van der Waals surface area contributed by atoms with Gasteiger partial charge in [-0.25, -0.2) is 10.4 Å². The zero-order valence-corrected chi connectivity index (χ0v) is 32.4. The lowest BCUT2D eigenvalue weighted by Crippen LogP contribution is -2.62. The molecule has 0 spiro atoms. The van der Waals surface area contributed by atoms with E-state index in [-0.39, 0.29) is 13.0 Å². The largest absolute Gasteiger partial charge is 0.460 e. The highest BCUT2D eigenvalue weighted by Gasteiger charge is 2.37. The fourth-order valence-corrected chi connectivity index (χ4v) is 5.36. The number of nitrogens with zero attached hydrogens (tertiary/aromatic N) is 2. The number of carbonyl (C=O) groups excluding carboxylic acids is 5. The topological polar surface area (TPSA) is 165 Å². The van der Waals surface area contributed by atoms with Gasteiger partial charge >= 0.3 is 18.6 Å². The maximum Gasteiger partial charge on any atom is 0.345 e. The summed E-state index contributed by atoms with van der Waals surface area (Å²) in [5, 5.41) is 7.01. The van der Waals surface area contributed by atoms with Gasteiger partial charge in [-0.15, -0.1) is 0 Å². The molecular formula is C35H44Cl3F2N5O8. The third-order valence-corrected chi connectivity index (χ3v) is 8.46. The van der Waals surface area contributed by atoms with Crippen LogP contribution in [0.5, 0.6) is 0 Å². The Morgan fingerprint density at radius 1 is 1.08 bits per heavy atom. The number of pyridine rings is 1. The quantitative estimate of drug-likeness (QED) is 0.162. The van der Waals surface area contributed by atoms with Gasteiger partial charge in [-0.05, 0) is 57.2 Å². The lowest BCUT2D eigenvalue weighted by Gasteiger charge is -2.35. The first-order valence-corrected chi connectivity index (χ1v) is 17.9. The van der Waals surface area contributed by atoms with Crippen LogP contribution < -0.4 is 16.1 Å². The summed E-state index contributed by atoms with van der Waals surface area (Å²) in [6, 6.07) is 5.35. The SMILES string of the molecule is CC(=O)OC(C)c1ccc2ccc(C=CC(C)(C)C(=O)N[C@H](C(=O)N[C@@H](COC(F)F)C(=O)N3CCC[C@@H](C(=O)OCC(Cl)(Cl)Cl)N3)C(C)C)cc2n1. The van der Waals surface area contributed by atoms with Gasteiger partial charge in [-0.1, -0.05) is 79.0 Å². The van der Waals surface area contributed by atoms with Crippen molar-refractivity contribution in [2.75, 3.05) is 19.8 Å². The first kappa shape index (κ1) is 43.8. The molecule has 3 N–H and O–H groups in total. The molecule has 13 nitrogen and oxygen atoms in total. The highest BCUT2D eigenvalue weighted by Crippen LogP contribution is 2.27. The van der Waals surface area contributed by atoms with Crippen LogP contribution in [0.3, 0.4) is 0 Å². The minimum absolute atomic E-state index is 0.0703. The van der Waals surface area contributed by atoms with Crippen molar-refractivity contribution < 1.29 is 47.0 Å². The first-order chi connectivity index (χ1) is 24.7. The molecule has 1 fully saturated rings. The molecule has 2 heterocycles. The van der Waals surface area contributed by atoms with E-state index >= 15 is 0 Å². The Hall–Kier alpha value is -3.63. The molecule has 1 saturated heterocycles. The summed E-state index contributed by atoms with van der Waals surface area (Å²) in [6.45, 7) is 5.04. The van der Waals surface area contributed by atoms with E-state index in [1.165, 1.54) is 6.92 Å². The molecule has 53 heavy (non-hydrogen) atoms. The summed E-state index contributed by atoms with van der Waals surface area (Å²) in [6.07, 6.45) is 3.43. The maximum absolute atomic E-state index is 13.6. The molecule has 1 aromatic carbocycles. The molecule has 0 bridgehead atoms. The normalized spacial score (nSPS) is 17.1. The van der Waals surface area contributed by atoms with E-state index in [4.69, 9.17) is 44.3 Å². The van der Waals surface area contributed by atoms with Crippen molar-refractivity contribution in [1.29, 1.82) is 0 Å². The predicted octanol–water partition coefficient (Wildman–Crippen LogP) is 5.17. The van der Waals surface area contributed by atoms with Crippen LogP contribution in [0.1, 0.15) is 71.7 Å². The predicted molar refractivity (Wildman–Crippen MR) is 195 cm³/mol. The molecule has 2 aromatic rings. The fourth-order valence-electron chi connectivity index (χ4n) is 5.19. The van der Waals surface area contributed by atoms with E-state index in [0.717, 1.165) is 16.0 Å². The van der Waals surface area contributed by atoms with Crippen molar-refractivity contribution in [2.45, 2.75) is 89.0 Å². The van der Waals surface area contributed by atoms with Crippen LogP contribution in [0.25, 0.3) is 17.0 Å². The van der Waals surface area contributed by atoms with Gasteiger partial charge in [0.2, 0.25) is 15.6 Å². The number of fused-ring (bicyclic) bond motifs is 1. The number of halogens is 5. The number of hydrogen-bond acceptors (Lipinski definition) is 10. The molecule has 18 heteroatoms. The van der Waals surface area contributed by atoms with E-state index < -0.39 is 88.8 Å². The average molecular weight is 807 g/mol. The molecule has 3 rings (SSSR count). The van der Waals surface area contributed by atoms with Gasteiger partial charge < -0.3 is 24.8 Å². The number of hydrogen-bond donors (Lipinski definition) is 3. The van der Waals surface area contributed by atoms with E-state index in [2.05, 4.69) is 25.8 Å². The Balaban J connectivity index is 1.72. The number of nitrogens with one attached hydrogen (secondary N) is 3. The molecule has 4 atom stereocenters. The van der Waals surface area contributed by atoms with E-state index in [1.54, 1.807) is 52.8 Å². The summed E-state index contributed by atoms with van der Waals surface area (Å²) in [5.74, 6) is -3.94. The minimum Gasteiger partial charge on any atom is -0.460 e. The second-order valence-electron chi connectivity index (χ2n) is 13.4. The number of hydrazine groups is 1. The molecule has 292 valence electrons. The average Bonchev–Trinajstić information content (AvgIpc) is 3.08. The number of amides is 3. The number of esters is 2. The number of alkyl halides is 5. The number of benzene rings is 1. The second kappa shape index (κ2) is 19.1. The molecule has 1 aliphatic heterocycles. The van der Waals surface area contributed by atoms with Gasteiger partial charge in [0.15, 0.2) is 0 Å². The van der Waals surface area contributed by atoms with Crippen LogP contribution in [-0.4, -0.2) is 87.9 Å². The summed E-state index contributed by atoms with van der Waals surface area (Å²) in [5.41, 5.74) is 3.48. The highest BCUT2D eigenvalue weighted by molar-refractivity contribution is 6.67. The molecule has 0 saturated carbocycles. The minimum atomic E-state index is -3.25.